The third-order valence-electron chi connectivity index (χ3n) is 5.76. The number of aromatic nitrogens is 2. The van der Waals surface area contributed by atoms with Crippen molar-refractivity contribution in [3.05, 3.63) is 82.9 Å². The Morgan fingerprint density at radius 1 is 1.19 bits per heavy atom. The number of hydrogen-bond acceptors (Lipinski definition) is 3. The molecule has 2 aromatic carbocycles. The number of amides is 2. The summed E-state index contributed by atoms with van der Waals surface area (Å²) in [6.07, 6.45) is 4.67. The Morgan fingerprint density at radius 2 is 1.90 bits per heavy atom. The van der Waals surface area contributed by atoms with Gasteiger partial charge in [-0.25, -0.2) is 4.98 Å². The van der Waals surface area contributed by atoms with Crippen molar-refractivity contribution in [2.45, 2.75) is 25.8 Å². The molecular weight excluding hydrogens is 412 g/mol. The molecule has 2 heterocycles. The number of benzene rings is 2. The van der Waals surface area contributed by atoms with Crippen molar-refractivity contribution in [2.24, 2.45) is 13.0 Å². The van der Waals surface area contributed by atoms with Gasteiger partial charge < -0.3 is 14.8 Å². The Kier molecular flexibility index (Phi) is 6.09. The molecule has 0 spiro atoms. The molecular formula is C24H25ClN4O2. The second-order valence-corrected chi connectivity index (χ2v) is 8.25. The third-order valence-corrected chi connectivity index (χ3v) is 6.01. The highest BCUT2D eigenvalue weighted by molar-refractivity contribution is 6.30. The number of carbonyl (C=O) groups excluding carboxylic acids is 2. The fourth-order valence-electron chi connectivity index (χ4n) is 3.91. The van der Waals surface area contributed by atoms with Gasteiger partial charge in [-0.1, -0.05) is 42.8 Å². The predicted octanol–water partition coefficient (Wildman–Crippen LogP) is 3.89. The monoisotopic (exact) mass is 436 g/mol. The van der Waals surface area contributed by atoms with Crippen LogP contribution in [0.4, 0.5) is 5.69 Å². The number of hydrogen-bond donors (Lipinski definition) is 1. The molecule has 7 heteroatoms. The molecule has 6 nitrogen and oxygen atoms in total. The summed E-state index contributed by atoms with van der Waals surface area (Å²) in [6.45, 7) is 2.46. The van der Waals surface area contributed by atoms with Gasteiger partial charge in [0.1, 0.15) is 11.9 Å². The van der Waals surface area contributed by atoms with Crippen molar-refractivity contribution in [3.63, 3.8) is 0 Å². The summed E-state index contributed by atoms with van der Waals surface area (Å²) in [5.74, 6) is 0.0915. The molecule has 3 aromatic rings. The second-order valence-electron chi connectivity index (χ2n) is 7.81. The van der Waals surface area contributed by atoms with E-state index in [-0.39, 0.29) is 18.2 Å². The Balaban J connectivity index is 1.53. The van der Waals surface area contributed by atoms with E-state index < -0.39 is 12.0 Å². The maximum Gasteiger partial charge on any atom is 0.227 e. The van der Waals surface area contributed by atoms with Gasteiger partial charge in [-0.05, 0) is 41.8 Å². The van der Waals surface area contributed by atoms with Crippen LogP contribution in [0.2, 0.25) is 5.02 Å². The van der Waals surface area contributed by atoms with E-state index in [0.29, 0.717) is 17.4 Å². The van der Waals surface area contributed by atoms with Gasteiger partial charge in [0.15, 0.2) is 0 Å². The van der Waals surface area contributed by atoms with Crippen LogP contribution >= 0.6 is 11.6 Å². The van der Waals surface area contributed by atoms with E-state index in [9.17, 15) is 9.59 Å². The van der Waals surface area contributed by atoms with Crippen LogP contribution in [0.15, 0.2) is 60.9 Å². The lowest BCUT2D eigenvalue weighted by Crippen LogP contribution is -2.37. The number of nitrogens with one attached hydrogen (secondary N) is 1. The molecule has 1 aromatic heterocycles. The molecule has 4 rings (SSSR count). The Labute approximate surface area is 186 Å². The summed E-state index contributed by atoms with van der Waals surface area (Å²) >= 11 is 6.04. The molecule has 0 bridgehead atoms. The number of nitrogens with zero attached hydrogens (tertiary/aromatic N) is 3. The molecule has 1 aliphatic rings. The van der Waals surface area contributed by atoms with Gasteiger partial charge in [0.25, 0.3) is 0 Å². The largest absolute Gasteiger partial charge is 0.342 e. The van der Waals surface area contributed by atoms with Crippen LogP contribution in [0.1, 0.15) is 36.3 Å². The minimum Gasteiger partial charge on any atom is -0.342 e. The Morgan fingerprint density at radius 3 is 2.52 bits per heavy atom. The normalized spacial score (nSPS) is 17.1. The summed E-state index contributed by atoms with van der Waals surface area (Å²) in [6, 6.07) is 14.8. The average molecular weight is 437 g/mol. The maximum atomic E-state index is 13.2. The van der Waals surface area contributed by atoms with Crippen molar-refractivity contribution < 1.29 is 9.59 Å². The van der Waals surface area contributed by atoms with E-state index in [1.165, 1.54) is 5.56 Å². The lowest BCUT2D eigenvalue weighted by molar-refractivity contribution is -0.126. The van der Waals surface area contributed by atoms with Crippen molar-refractivity contribution in [2.75, 3.05) is 11.4 Å². The first-order valence-electron chi connectivity index (χ1n) is 10.4. The van der Waals surface area contributed by atoms with E-state index in [2.05, 4.69) is 17.2 Å². The van der Waals surface area contributed by atoms with Gasteiger partial charge in [0, 0.05) is 43.1 Å². The summed E-state index contributed by atoms with van der Waals surface area (Å²) in [4.78, 5) is 31.9. The quantitative estimate of drug-likeness (QED) is 0.637. The van der Waals surface area contributed by atoms with E-state index in [0.717, 1.165) is 17.7 Å². The lowest BCUT2D eigenvalue weighted by Gasteiger charge is -2.22. The smallest absolute Gasteiger partial charge is 0.227 e. The first kappa shape index (κ1) is 21.1. The highest BCUT2D eigenvalue weighted by atomic mass is 35.5. The first-order chi connectivity index (χ1) is 15.0. The van der Waals surface area contributed by atoms with Crippen LogP contribution < -0.4 is 10.2 Å². The molecule has 1 saturated heterocycles. The molecule has 1 fully saturated rings. The van der Waals surface area contributed by atoms with Crippen LogP contribution in [-0.4, -0.2) is 27.9 Å². The average Bonchev–Trinajstić information content (AvgIpc) is 3.38. The summed E-state index contributed by atoms with van der Waals surface area (Å²) in [7, 11) is 1.89. The number of aryl methyl sites for hydroxylation is 2. The Bertz CT molecular complexity index is 1080. The van der Waals surface area contributed by atoms with Gasteiger partial charge in [-0.2, -0.15) is 0 Å². The Hall–Kier alpha value is -3.12. The van der Waals surface area contributed by atoms with Crippen molar-refractivity contribution in [1.82, 2.24) is 14.9 Å². The van der Waals surface area contributed by atoms with Gasteiger partial charge in [-0.3, -0.25) is 9.59 Å². The van der Waals surface area contributed by atoms with E-state index in [4.69, 9.17) is 11.6 Å². The van der Waals surface area contributed by atoms with Gasteiger partial charge in [0.05, 0.1) is 5.92 Å². The third kappa shape index (κ3) is 4.49. The molecule has 0 radical (unpaired) electrons. The molecule has 31 heavy (non-hydrogen) atoms. The highest BCUT2D eigenvalue weighted by Gasteiger charge is 2.36. The lowest BCUT2D eigenvalue weighted by atomic mass is 10.0. The molecule has 0 saturated carbocycles. The number of halogens is 1. The molecule has 2 atom stereocenters. The second kappa shape index (κ2) is 8.94. The highest BCUT2D eigenvalue weighted by Crippen LogP contribution is 2.28. The zero-order valence-corrected chi connectivity index (χ0v) is 18.3. The van der Waals surface area contributed by atoms with Crippen LogP contribution in [0.25, 0.3) is 0 Å². The topological polar surface area (TPSA) is 67.2 Å². The van der Waals surface area contributed by atoms with Crippen molar-refractivity contribution in [3.8, 4) is 0 Å². The summed E-state index contributed by atoms with van der Waals surface area (Å²) < 4.78 is 1.88. The van der Waals surface area contributed by atoms with Crippen LogP contribution in [-0.2, 0) is 23.1 Å². The van der Waals surface area contributed by atoms with Gasteiger partial charge >= 0.3 is 0 Å². The first-order valence-corrected chi connectivity index (χ1v) is 10.8. The number of rotatable bonds is 6. The number of imidazole rings is 1. The van der Waals surface area contributed by atoms with E-state index in [1.54, 1.807) is 23.2 Å². The molecule has 1 aliphatic heterocycles. The van der Waals surface area contributed by atoms with Crippen molar-refractivity contribution in [1.29, 1.82) is 0 Å². The van der Waals surface area contributed by atoms with Gasteiger partial charge in [-0.15, -0.1) is 0 Å². The fourth-order valence-corrected chi connectivity index (χ4v) is 4.04. The molecule has 0 unspecified atom stereocenters. The summed E-state index contributed by atoms with van der Waals surface area (Å²) in [5.41, 5.74) is 2.92. The van der Waals surface area contributed by atoms with Crippen LogP contribution in [0, 0.1) is 5.92 Å². The zero-order valence-electron chi connectivity index (χ0n) is 17.6. The van der Waals surface area contributed by atoms with E-state index >= 15 is 0 Å². The minimum absolute atomic E-state index is 0.0376. The summed E-state index contributed by atoms with van der Waals surface area (Å²) in [5, 5.41) is 3.73. The minimum atomic E-state index is -0.433. The fraction of sp³-hybridized carbons (Fsp3) is 0.292. The molecule has 160 valence electrons. The van der Waals surface area contributed by atoms with E-state index in [1.807, 2.05) is 54.2 Å². The maximum absolute atomic E-state index is 13.2. The van der Waals surface area contributed by atoms with Crippen LogP contribution in [0.5, 0.6) is 0 Å². The number of anilines is 1. The van der Waals surface area contributed by atoms with Crippen LogP contribution in [0.3, 0.4) is 0 Å². The van der Waals surface area contributed by atoms with Gasteiger partial charge in [0.2, 0.25) is 11.8 Å². The number of carbonyl (C=O) groups is 2. The molecule has 0 aliphatic carbocycles. The molecule has 1 N–H and O–H groups in total. The zero-order chi connectivity index (χ0) is 22.0. The predicted molar refractivity (Wildman–Crippen MR) is 121 cm³/mol. The van der Waals surface area contributed by atoms with Crippen molar-refractivity contribution >= 4 is 29.1 Å². The SMILES string of the molecule is CCc1ccc(N2C[C@H](C(=O)N[C@H](c3ccc(Cl)cc3)c3nccn3C)CC2=O)cc1. The standard InChI is InChI=1S/C24H25ClN4O2/c1-3-16-4-10-20(11-5-16)29-15-18(14-21(29)30)24(31)27-22(23-26-12-13-28(23)2)17-6-8-19(25)9-7-17/h4-13,18,22H,3,14-15H2,1-2H3,(H,27,31)/t18-,22-/m1/s1. The molecule has 2 amide bonds.